The average Bonchev–Trinajstić information content (AvgIpc) is 2.53. The van der Waals surface area contributed by atoms with Crippen molar-refractivity contribution in [3.63, 3.8) is 0 Å². The normalized spacial score (nSPS) is 22.3. The molecule has 1 aliphatic rings. The summed E-state index contributed by atoms with van der Waals surface area (Å²) in [6, 6.07) is 0.181. The number of methoxy groups -OCH3 is 1. The van der Waals surface area contributed by atoms with Crippen molar-refractivity contribution in [1.82, 2.24) is 10.2 Å². The fourth-order valence-corrected chi connectivity index (χ4v) is 1.45. The lowest BCUT2D eigenvalue weighted by Gasteiger charge is -2.12. The molecule has 1 atom stereocenters. The van der Waals surface area contributed by atoms with Crippen LogP contribution < -0.4 is 5.32 Å². The lowest BCUT2D eigenvalue weighted by atomic mass is 10.3. The zero-order valence-electron chi connectivity index (χ0n) is 7.75. The van der Waals surface area contributed by atoms with Gasteiger partial charge in [-0.25, -0.2) is 4.79 Å². The quantitative estimate of drug-likeness (QED) is 0.613. The van der Waals surface area contributed by atoms with Crippen LogP contribution in [0.15, 0.2) is 0 Å². The number of nitrogens with zero attached hydrogens (tertiary/aromatic N) is 1. The van der Waals surface area contributed by atoms with Crippen LogP contribution in [0, 0.1) is 12.3 Å². The van der Waals surface area contributed by atoms with Crippen molar-refractivity contribution >= 4 is 6.09 Å². The smallest absolute Gasteiger partial charge is 0.407 e. The first-order valence-corrected chi connectivity index (χ1v) is 4.26. The number of ether oxygens (including phenoxy) is 1. The maximum absolute atomic E-state index is 10.8. The molecule has 0 spiro atoms. The summed E-state index contributed by atoms with van der Waals surface area (Å²) in [5.41, 5.74) is 0. The van der Waals surface area contributed by atoms with Gasteiger partial charge >= 0.3 is 6.09 Å². The second kappa shape index (κ2) is 4.73. The Kier molecular flexibility index (Phi) is 3.59. The number of carbonyl (C=O) groups is 1. The van der Waals surface area contributed by atoms with Gasteiger partial charge in [-0.05, 0) is 6.42 Å². The monoisotopic (exact) mass is 182 g/mol. The third kappa shape index (κ3) is 2.96. The Labute approximate surface area is 78.2 Å². The number of rotatable bonds is 2. The Balaban J connectivity index is 2.25. The van der Waals surface area contributed by atoms with E-state index in [9.17, 15) is 4.79 Å². The molecule has 0 radical (unpaired) electrons. The van der Waals surface area contributed by atoms with Gasteiger partial charge in [-0.15, -0.1) is 6.42 Å². The first-order chi connectivity index (χ1) is 6.26. The molecule has 1 rings (SSSR count). The molecule has 0 aromatic heterocycles. The second-order valence-corrected chi connectivity index (χ2v) is 3.06. The van der Waals surface area contributed by atoms with E-state index < -0.39 is 0 Å². The molecule has 0 aromatic rings. The van der Waals surface area contributed by atoms with Crippen molar-refractivity contribution in [2.75, 3.05) is 26.7 Å². The van der Waals surface area contributed by atoms with Crippen molar-refractivity contribution < 1.29 is 9.53 Å². The summed E-state index contributed by atoms with van der Waals surface area (Å²) in [6.45, 7) is 2.41. The maximum Gasteiger partial charge on any atom is 0.407 e. The molecular weight excluding hydrogens is 168 g/mol. The highest BCUT2D eigenvalue weighted by atomic mass is 16.5. The Hall–Kier alpha value is -1.21. The molecule has 72 valence electrons. The lowest BCUT2D eigenvalue weighted by Crippen LogP contribution is -2.36. The van der Waals surface area contributed by atoms with Crippen molar-refractivity contribution in [2.24, 2.45) is 0 Å². The zero-order valence-corrected chi connectivity index (χ0v) is 7.75. The summed E-state index contributed by atoms with van der Waals surface area (Å²) < 4.78 is 4.50. The predicted molar refractivity (Wildman–Crippen MR) is 49.2 cm³/mol. The zero-order chi connectivity index (χ0) is 9.68. The Morgan fingerprint density at radius 2 is 2.62 bits per heavy atom. The minimum Gasteiger partial charge on any atom is -0.453 e. The summed E-state index contributed by atoms with van der Waals surface area (Å²) in [5, 5.41) is 2.75. The molecule has 4 nitrogen and oxygen atoms in total. The summed E-state index contributed by atoms with van der Waals surface area (Å²) in [4.78, 5) is 13.0. The average molecular weight is 182 g/mol. The van der Waals surface area contributed by atoms with Crippen molar-refractivity contribution in [3.05, 3.63) is 0 Å². The fraction of sp³-hybridized carbons (Fsp3) is 0.667. The summed E-state index contributed by atoms with van der Waals surface area (Å²) in [5.74, 6) is 2.58. The predicted octanol–water partition coefficient (Wildman–Crippen LogP) is 0.0499. The van der Waals surface area contributed by atoms with Crippen LogP contribution >= 0.6 is 0 Å². The molecule has 1 fully saturated rings. The van der Waals surface area contributed by atoms with E-state index in [1.807, 2.05) is 0 Å². The van der Waals surface area contributed by atoms with Crippen LogP contribution in [0.25, 0.3) is 0 Å². The summed E-state index contributed by atoms with van der Waals surface area (Å²) in [6.07, 6.45) is 5.75. The van der Waals surface area contributed by atoms with Crippen LogP contribution in [-0.4, -0.2) is 43.8 Å². The standard InChI is InChI=1S/C9H14N2O2/c1-3-5-11-6-4-8(7-11)10-9(12)13-2/h1,8H,4-7H2,2H3,(H,10,12). The highest BCUT2D eigenvalue weighted by molar-refractivity contribution is 5.67. The summed E-state index contributed by atoms with van der Waals surface area (Å²) >= 11 is 0. The van der Waals surface area contributed by atoms with Gasteiger partial charge in [-0.1, -0.05) is 5.92 Å². The molecule has 0 aliphatic carbocycles. The van der Waals surface area contributed by atoms with Gasteiger partial charge in [0.05, 0.1) is 13.7 Å². The molecular formula is C9H14N2O2. The minimum atomic E-state index is -0.368. The molecule has 1 N–H and O–H groups in total. The molecule has 1 amide bonds. The number of hydrogen-bond donors (Lipinski definition) is 1. The number of terminal acetylenes is 1. The first-order valence-electron chi connectivity index (χ1n) is 4.26. The van der Waals surface area contributed by atoms with Crippen LogP contribution in [0.5, 0.6) is 0 Å². The SMILES string of the molecule is C#CCN1CCC(NC(=O)OC)C1. The molecule has 4 heteroatoms. The highest BCUT2D eigenvalue weighted by Gasteiger charge is 2.22. The Morgan fingerprint density at radius 3 is 3.23 bits per heavy atom. The molecule has 0 saturated carbocycles. The molecule has 1 aliphatic heterocycles. The molecule has 13 heavy (non-hydrogen) atoms. The van der Waals surface area contributed by atoms with Crippen LogP contribution in [-0.2, 0) is 4.74 Å². The molecule has 0 bridgehead atoms. The lowest BCUT2D eigenvalue weighted by molar-refractivity contribution is 0.166. The van der Waals surface area contributed by atoms with Gasteiger partial charge in [0.15, 0.2) is 0 Å². The number of nitrogens with one attached hydrogen (secondary N) is 1. The first kappa shape index (κ1) is 9.87. The van der Waals surface area contributed by atoms with Gasteiger partial charge in [-0.3, -0.25) is 4.90 Å². The number of alkyl carbamates (subject to hydrolysis) is 1. The van der Waals surface area contributed by atoms with Crippen molar-refractivity contribution in [3.8, 4) is 12.3 Å². The van der Waals surface area contributed by atoms with Gasteiger partial charge in [0.1, 0.15) is 0 Å². The van der Waals surface area contributed by atoms with E-state index in [-0.39, 0.29) is 12.1 Å². The highest BCUT2D eigenvalue weighted by Crippen LogP contribution is 2.07. The van der Waals surface area contributed by atoms with Crippen LogP contribution in [0.3, 0.4) is 0 Å². The van der Waals surface area contributed by atoms with Gasteiger partial charge in [0, 0.05) is 19.1 Å². The van der Waals surface area contributed by atoms with E-state index in [1.54, 1.807) is 0 Å². The summed E-state index contributed by atoms with van der Waals surface area (Å²) in [7, 11) is 1.36. The van der Waals surface area contributed by atoms with Gasteiger partial charge < -0.3 is 10.1 Å². The van der Waals surface area contributed by atoms with E-state index in [0.717, 1.165) is 19.5 Å². The third-order valence-electron chi connectivity index (χ3n) is 2.09. The van der Waals surface area contributed by atoms with E-state index >= 15 is 0 Å². The number of hydrogen-bond acceptors (Lipinski definition) is 3. The van der Waals surface area contributed by atoms with Crippen LogP contribution in [0.1, 0.15) is 6.42 Å². The molecule has 1 unspecified atom stereocenters. The van der Waals surface area contributed by atoms with Gasteiger partial charge in [0.25, 0.3) is 0 Å². The van der Waals surface area contributed by atoms with Gasteiger partial charge in [-0.2, -0.15) is 0 Å². The minimum absolute atomic E-state index is 0.181. The molecule has 1 heterocycles. The maximum atomic E-state index is 10.8. The van der Waals surface area contributed by atoms with Crippen LogP contribution in [0.2, 0.25) is 0 Å². The van der Waals surface area contributed by atoms with E-state index in [4.69, 9.17) is 6.42 Å². The molecule has 1 saturated heterocycles. The Bertz CT molecular complexity index is 222. The molecule has 0 aromatic carbocycles. The fourth-order valence-electron chi connectivity index (χ4n) is 1.45. The van der Waals surface area contributed by atoms with E-state index in [1.165, 1.54) is 7.11 Å². The van der Waals surface area contributed by atoms with E-state index in [0.29, 0.717) is 6.54 Å². The number of amides is 1. The number of carbonyl (C=O) groups excluding carboxylic acids is 1. The van der Waals surface area contributed by atoms with Crippen LogP contribution in [0.4, 0.5) is 4.79 Å². The van der Waals surface area contributed by atoms with Crippen molar-refractivity contribution in [2.45, 2.75) is 12.5 Å². The third-order valence-corrected chi connectivity index (χ3v) is 2.09. The van der Waals surface area contributed by atoms with E-state index in [2.05, 4.69) is 20.9 Å². The topological polar surface area (TPSA) is 41.6 Å². The Morgan fingerprint density at radius 1 is 1.85 bits per heavy atom. The van der Waals surface area contributed by atoms with Gasteiger partial charge in [0.2, 0.25) is 0 Å². The second-order valence-electron chi connectivity index (χ2n) is 3.06. The van der Waals surface area contributed by atoms with Crippen molar-refractivity contribution in [1.29, 1.82) is 0 Å². The largest absolute Gasteiger partial charge is 0.453 e. The number of likely N-dealkylation sites (tertiary alicyclic amines) is 1.